The van der Waals surface area contributed by atoms with Gasteiger partial charge in [-0.05, 0) is 49.6 Å². The van der Waals surface area contributed by atoms with E-state index in [0.717, 1.165) is 39.7 Å². The number of benzene rings is 2. The molecule has 4 rings (SSSR count). The SMILES string of the molecule is CSCc1nc2ccccc2n1CC(=O)Nc1ccc(-c2n[nH]c(C)n2)cc1. The quantitative estimate of drug-likeness (QED) is 0.523. The summed E-state index contributed by atoms with van der Waals surface area (Å²) in [5, 5.41) is 9.93. The molecule has 2 aromatic heterocycles. The summed E-state index contributed by atoms with van der Waals surface area (Å²) >= 11 is 1.69. The molecule has 2 aromatic carbocycles. The van der Waals surface area contributed by atoms with E-state index in [0.29, 0.717) is 5.82 Å². The number of para-hydroxylation sites is 2. The van der Waals surface area contributed by atoms with Crippen molar-refractivity contribution >= 4 is 34.4 Å². The van der Waals surface area contributed by atoms with Crippen LogP contribution in [0.4, 0.5) is 5.69 Å². The first-order valence-electron chi connectivity index (χ1n) is 8.86. The van der Waals surface area contributed by atoms with E-state index in [4.69, 9.17) is 0 Å². The van der Waals surface area contributed by atoms with Gasteiger partial charge in [0.1, 0.15) is 18.2 Å². The summed E-state index contributed by atoms with van der Waals surface area (Å²) in [6.07, 6.45) is 2.03. The van der Waals surface area contributed by atoms with Crippen molar-refractivity contribution < 1.29 is 4.79 Å². The van der Waals surface area contributed by atoms with Gasteiger partial charge >= 0.3 is 0 Å². The number of H-pyrrole nitrogens is 1. The third kappa shape index (κ3) is 3.77. The van der Waals surface area contributed by atoms with Crippen LogP contribution in [0, 0.1) is 6.92 Å². The van der Waals surface area contributed by atoms with Crippen LogP contribution in [0.25, 0.3) is 22.4 Å². The number of aryl methyl sites for hydroxylation is 1. The molecule has 8 heteroatoms. The maximum atomic E-state index is 12.6. The molecule has 1 amide bonds. The molecule has 2 heterocycles. The second-order valence-electron chi connectivity index (χ2n) is 6.41. The van der Waals surface area contributed by atoms with Crippen molar-refractivity contribution in [2.45, 2.75) is 19.2 Å². The monoisotopic (exact) mass is 392 g/mol. The van der Waals surface area contributed by atoms with Gasteiger partial charge in [-0.15, -0.1) is 0 Å². The van der Waals surface area contributed by atoms with E-state index < -0.39 is 0 Å². The van der Waals surface area contributed by atoms with Gasteiger partial charge < -0.3 is 9.88 Å². The van der Waals surface area contributed by atoms with Gasteiger partial charge in [0.25, 0.3) is 0 Å². The fraction of sp³-hybridized carbons (Fsp3) is 0.200. The fourth-order valence-electron chi connectivity index (χ4n) is 3.06. The number of aromatic amines is 1. The Labute approximate surface area is 166 Å². The average Bonchev–Trinajstić information content (AvgIpc) is 3.27. The Hall–Kier alpha value is -3.13. The number of carbonyl (C=O) groups is 1. The van der Waals surface area contributed by atoms with Crippen molar-refractivity contribution in [1.82, 2.24) is 24.7 Å². The second-order valence-corrected chi connectivity index (χ2v) is 7.27. The Morgan fingerprint density at radius 1 is 1.14 bits per heavy atom. The summed E-state index contributed by atoms with van der Waals surface area (Å²) in [7, 11) is 0. The van der Waals surface area contributed by atoms with E-state index in [-0.39, 0.29) is 12.5 Å². The lowest BCUT2D eigenvalue weighted by Gasteiger charge is -2.10. The highest BCUT2D eigenvalue weighted by Gasteiger charge is 2.13. The summed E-state index contributed by atoms with van der Waals surface area (Å²) in [5.41, 5.74) is 3.50. The molecule has 2 N–H and O–H groups in total. The topological polar surface area (TPSA) is 88.5 Å². The minimum Gasteiger partial charge on any atom is -0.325 e. The van der Waals surface area contributed by atoms with E-state index >= 15 is 0 Å². The van der Waals surface area contributed by atoms with Crippen LogP contribution in [-0.2, 0) is 17.1 Å². The lowest BCUT2D eigenvalue weighted by Crippen LogP contribution is -2.20. The van der Waals surface area contributed by atoms with E-state index in [1.54, 1.807) is 11.8 Å². The third-order valence-corrected chi connectivity index (χ3v) is 4.88. The summed E-state index contributed by atoms with van der Waals surface area (Å²) in [6.45, 7) is 2.08. The second kappa shape index (κ2) is 7.85. The molecule has 142 valence electrons. The summed E-state index contributed by atoms with van der Waals surface area (Å²) in [5.74, 6) is 2.97. The van der Waals surface area contributed by atoms with Crippen LogP contribution >= 0.6 is 11.8 Å². The van der Waals surface area contributed by atoms with Crippen LogP contribution in [0.1, 0.15) is 11.6 Å². The molecule has 0 radical (unpaired) electrons. The Bertz CT molecular complexity index is 1120. The zero-order chi connectivity index (χ0) is 19.5. The van der Waals surface area contributed by atoms with Crippen molar-refractivity contribution in [3.63, 3.8) is 0 Å². The van der Waals surface area contributed by atoms with Crippen LogP contribution in [0.5, 0.6) is 0 Å². The number of nitrogens with one attached hydrogen (secondary N) is 2. The summed E-state index contributed by atoms with van der Waals surface area (Å²) in [4.78, 5) is 21.6. The van der Waals surface area contributed by atoms with Gasteiger partial charge in [-0.25, -0.2) is 9.97 Å². The number of thioether (sulfide) groups is 1. The highest BCUT2D eigenvalue weighted by molar-refractivity contribution is 7.97. The number of amides is 1. The van der Waals surface area contributed by atoms with Crippen molar-refractivity contribution in [1.29, 1.82) is 0 Å². The number of hydrogen-bond acceptors (Lipinski definition) is 5. The van der Waals surface area contributed by atoms with Gasteiger partial charge in [-0.2, -0.15) is 16.9 Å². The molecule has 0 saturated carbocycles. The molecule has 28 heavy (non-hydrogen) atoms. The number of hydrogen-bond donors (Lipinski definition) is 2. The zero-order valence-electron chi connectivity index (χ0n) is 15.6. The number of fused-ring (bicyclic) bond motifs is 1. The van der Waals surface area contributed by atoms with Crippen molar-refractivity contribution in [2.24, 2.45) is 0 Å². The van der Waals surface area contributed by atoms with Crippen LogP contribution < -0.4 is 5.32 Å². The van der Waals surface area contributed by atoms with Crippen molar-refractivity contribution in [3.8, 4) is 11.4 Å². The Morgan fingerprint density at radius 2 is 1.93 bits per heavy atom. The molecule has 0 fully saturated rings. The van der Waals surface area contributed by atoms with Gasteiger partial charge in [-0.3, -0.25) is 9.89 Å². The minimum atomic E-state index is -0.0907. The first-order chi connectivity index (χ1) is 13.6. The van der Waals surface area contributed by atoms with Crippen LogP contribution in [0.2, 0.25) is 0 Å². The molecule has 0 aliphatic carbocycles. The molecule has 0 spiro atoms. The van der Waals surface area contributed by atoms with E-state index in [1.807, 2.05) is 66.3 Å². The number of imidazole rings is 1. The third-order valence-electron chi connectivity index (χ3n) is 4.33. The van der Waals surface area contributed by atoms with Crippen molar-refractivity contribution in [3.05, 3.63) is 60.2 Å². The van der Waals surface area contributed by atoms with Crippen molar-refractivity contribution in [2.75, 3.05) is 11.6 Å². The molecule has 0 atom stereocenters. The molecule has 0 bridgehead atoms. The van der Waals surface area contributed by atoms with Gasteiger partial charge in [0, 0.05) is 11.3 Å². The predicted molar refractivity (Wildman–Crippen MR) is 112 cm³/mol. The highest BCUT2D eigenvalue weighted by Crippen LogP contribution is 2.20. The Kier molecular flexibility index (Phi) is 5.12. The van der Waals surface area contributed by atoms with Gasteiger partial charge in [0.2, 0.25) is 5.91 Å². The van der Waals surface area contributed by atoms with E-state index in [2.05, 4.69) is 25.5 Å². The Balaban J connectivity index is 1.50. The Morgan fingerprint density at radius 3 is 2.64 bits per heavy atom. The van der Waals surface area contributed by atoms with Gasteiger partial charge in [0.15, 0.2) is 5.82 Å². The molecule has 0 aliphatic heterocycles. The lowest BCUT2D eigenvalue weighted by atomic mass is 10.2. The normalized spacial score (nSPS) is 11.1. The first kappa shape index (κ1) is 18.2. The van der Waals surface area contributed by atoms with E-state index in [1.165, 1.54) is 0 Å². The molecule has 0 unspecified atom stereocenters. The van der Waals surface area contributed by atoms with E-state index in [9.17, 15) is 4.79 Å². The first-order valence-corrected chi connectivity index (χ1v) is 10.3. The molecular formula is C20H20N6OS. The standard InChI is InChI=1S/C20H20N6OS/c1-13-21-20(25-24-13)14-7-9-15(10-8-14)22-19(27)11-26-17-6-4-3-5-16(17)23-18(26)12-28-2/h3-10H,11-12H2,1-2H3,(H,22,27)(H,21,24,25). The maximum absolute atomic E-state index is 12.6. The van der Waals surface area contributed by atoms with Crippen LogP contribution in [0.3, 0.4) is 0 Å². The smallest absolute Gasteiger partial charge is 0.244 e. The molecular weight excluding hydrogens is 372 g/mol. The zero-order valence-corrected chi connectivity index (χ0v) is 16.5. The fourth-order valence-corrected chi connectivity index (χ4v) is 3.54. The van der Waals surface area contributed by atoms with Crippen LogP contribution in [-0.4, -0.2) is 36.9 Å². The molecule has 0 saturated heterocycles. The number of aromatic nitrogens is 5. The summed E-state index contributed by atoms with van der Waals surface area (Å²) < 4.78 is 1.98. The van der Waals surface area contributed by atoms with Gasteiger partial charge in [0.05, 0.1) is 16.8 Å². The largest absolute Gasteiger partial charge is 0.325 e. The van der Waals surface area contributed by atoms with Gasteiger partial charge in [-0.1, -0.05) is 12.1 Å². The summed E-state index contributed by atoms with van der Waals surface area (Å²) in [6, 6.07) is 15.4. The predicted octanol–water partition coefficient (Wildman–Crippen LogP) is 3.63. The molecule has 4 aromatic rings. The lowest BCUT2D eigenvalue weighted by molar-refractivity contribution is -0.116. The maximum Gasteiger partial charge on any atom is 0.244 e. The molecule has 7 nitrogen and oxygen atoms in total. The average molecular weight is 392 g/mol. The number of nitrogens with zero attached hydrogens (tertiary/aromatic N) is 4. The van der Waals surface area contributed by atoms with Crippen LogP contribution in [0.15, 0.2) is 48.5 Å². The minimum absolute atomic E-state index is 0.0907. The highest BCUT2D eigenvalue weighted by atomic mass is 32.2. The number of anilines is 1. The number of carbonyl (C=O) groups excluding carboxylic acids is 1. The number of rotatable bonds is 6. The molecule has 0 aliphatic rings.